The Kier molecular flexibility index (Phi) is 11.8. The van der Waals surface area contributed by atoms with Crippen molar-refractivity contribution >= 4 is 34.9 Å². The number of halogens is 1. The van der Waals surface area contributed by atoms with E-state index in [4.69, 9.17) is 31.4 Å². The monoisotopic (exact) mass is 474 g/mol. The van der Waals surface area contributed by atoms with Gasteiger partial charge < -0.3 is 20.0 Å². The minimum atomic E-state index is -1.82. The quantitative estimate of drug-likeness (QED) is 0.280. The number of fused-ring (bicyclic) bond motifs is 2. The van der Waals surface area contributed by atoms with Crippen molar-refractivity contribution in [1.29, 1.82) is 0 Å². The first-order chi connectivity index (χ1) is 15.9. The van der Waals surface area contributed by atoms with Gasteiger partial charge in [-0.25, -0.2) is 9.59 Å². The lowest BCUT2D eigenvalue weighted by Gasteiger charge is -2.28. The fraction of sp³-hybridized carbons (Fsp3) is 0.462. The lowest BCUT2D eigenvalue weighted by atomic mass is 10.0. The van der Waals surface area contributed by atoms with E-state index >= 15 is 0 Å². The predicted molar refractivity (Wildman–Crippen MR) is 134 cm³/mol. The van der Waals surface area contributed by atoms with Crippen LogP contribution in [0.1, 0.15) is 43.2 Å². The molecule has 0 aliphatic carbocycles. The number of carboxylic acid groups (broad SMARTS) is 2. The molecule has 0 aromatic heterocycles. The summed E-state index contributed by atoms with van der Waals surface area (Å²) in [6, 6.07) is 17.9. The molecule has 2 N–H and O–H groups in total. The van der Waals surface area contributed by atoms with Gasteiger partial charge >= 0.3 is 11.9 Å². The minimum Gasteiger partial charge on any atom is -0.473 e. The number of anilines is 2. The number of aliphatic carboxylic acids is 2. The van der Waals surface area contributed by atoms with Crippen LogP contribution >= 0.6 is 11.6 Å². The smallest absolute Gasteiger partial charge is 0.414 e. The van der Waals surface area contributed by atoms with Gasteiger partial charge in [-0.1, -0.05) is 49.2 Å². The summed E-state index contributed by atoms with van der Waals surface area (Å²) in [6.07, 6.45) is 8.43. The molecule has 180 valence electrons. The fourth-order valence-electron chi connectivity index (χ4n) is 4.05. The third-order valence-corrected chi connectivity index (χ3v) is 6.02. The molecule has 1 heterocycles. The van der Waals surface area contributed by atoms with Crippen LogP contribution in [0.15, 0.2) is 48.5 Å². The van der Waals surface area contributed by atoms with Crippen LogP contribution < -0.4 is 4.90 Å². The summed E-state index contributed by atoms with van der Waals surface area (Å²) < 4.78 is 0. The summed E-state index contributed by atoms with van der Waals surface area (Å²) in [5, 5.41) is 14.8. The zero-order valence-corrected chi connectivity index (χ0v) is 20.1. The molecule has 0 atom stereocenters. The number of hydrogen-bond donors (Lipinski definition) is 2. The maximum absolute atomic E-state index is 9.10. The maximum atomic E-state index is 9.10. The number of benzene rings is 2. The van der Waals surface area contributed by atoms with E-state index in [1.807, 2.05) is 0 Å². The average molecular weight is 475 g/mol. The van der Waals surface area contributed by atoms with E-state index in [0.29, 0.717) is 0 Å². The van der Waals surface area contributed by atoms with Crippen LogP contribution in [0.3, 0.4) is 0 Å². The molecule has 0 bridgehead atoms. The molecular formula is C26H35ClN2O4. The fourth-order valence-corrected chi connectivity index (χ4v) is 4.24. The molecular weight excluding hydrogens is 440 g/mol. The first-order valence-corrected chi connectivity index (χ1v) is 12.1. The van der Waals surface area contributed by atoms with Gasteiger partial charge in [0.25, 0.3) is 0 Å². The Morgan fingerprint density at radius 2 is 1.30 bits per heavy atom. The van der Waals surface area contributed by atoms with Crippen molar-refractivity contribution < 1.29 is 19.8 Å². The SMILES string of the molecule is CN(CCCCCCCl)CCCN1c2ccccc2CCc2ccccc21.O=C(O)C(=O)O. The van der Waals surface area contributed by atoms with Crippen LogP contribution in [-0.4, -0.2) is 59.6 Å². The summed E-state index contributed by atoms with van der Waals surface area (Å²) >= 11 is 5.75. The Bertz CT molecular complexity index is 831. The summed E-state index contributed by atoms with van der Waals surface area (Å²) in [5.41, 5.74) is 5.74. The first kappa shape index (κ1) is 26.7. The highest BCUT2D eigenvalue weighted by atomic mass is 35.5. The number of carbonyl (C=O) groups is 2. The van der Waals surface area contributed by atoms with Gasteiger partial charge in [-0.15, -0.1) is 11.6 Å². The van der Waals surface area contributed by atoms with Crippen molar-refractivity contribution in [3.8, 4) is 0 Å². The number of rotatable bonds is 10. The molecule has 0 unspecified atom stereocenters. The standard InChI is InChI=1S/C24H33ClN2.C2H2O4/c1-26(18-9-3-2-8-17-25)19-10-20-27-23-13-6-4-11-21(23)15-16-22-12-5-7-14-24(22)27;3-1(4)2(5)6/h4-7,11-14H,2-3,8-10,15-20H2,1H3;(H,3,4)(H,5,6). The number of unbranched alkanes of at least 4 members (excludes halogenated alkanes) is 3. The van der Waals surface area contributed by atoms with E-state index < -0.39 is 11.9 Å². The second-order valence-corrected chi connectivity index (χ2v) is 8.66. The van der Waals surface area contributed by atoms with E-state index in [1.54, 1.807) is 0 Å². The summed E-state index contributed by atoms with van der Waals surface area (Å²) in [5.74, 6) is -2.85. The summed E-state index contributed by atoms with van der Waals surface area (Å²) in [6.45, 7) is 3.41. The normalized spacial score (nSPS) is 12.3. The van der Waals surface area contributed by atoms with Crippen molar-refractivity contribution in [2.45, 2.75) is 44.9 Å². The van der Waals surface area contributed by atoms with E-state index in [2.05, 4.69) is 65.4 Å². The first-order valence-electron chi connectivity index (χ1n) is 11.6. The van der Waals surface area contributed by atoms with Crippen LogP contribution in [0.25, 0.3) is 0 Å². The summed E-state index contributed by atoms with van der Waals surface area (Å²) in [7, 11) is 2.26. The number of alkyl halides is 1. The number of carboxylic acids is 2. The molecule has 3 rings (SSSR count). The number of hydrogen-bond acceptors (Lipinski definition) is 4. The zero-order valence-electron chi connectivity index (χ0n) is 19.4. The maximum Gasteiger partial charge on any atom is 0.414 e. The average Bonchev–Trinajstić information content (AvgIpc) is 2.97. The Morgan fingerprint density at radius 1 is 0.818 bits per heavy atom. The third-order valence-electron chi connectivity index (χ3n) is 5.76. The second-order valence-electron chi connectivity index (χ2n) is 8.28. The highest BCUT2D eigenvalue weighted by Crippen LogP contribution is 2.35. The van der Waals surface area contributed by atoms with Crippen LogP contribution in [0.4, 0.5) is 11.4 Å². The van der Waals surface area contributed by atoms with Gasteiger partial charge in [0, 0.05) is 23.8 Å². The van der Waals surface area contributed by atoms with Gasteiger partial charge in [0.2, 0.25) is 0 Å². The van der Waals surface area contributed by atoms with E-state index in [-0.39, 0.29) is 0 Å². The van der Waals surface area contributed by atoms with Crippen molar-refractivity contribution in [2.24, 2.45) is 0 Å². The van der Waals surface area contributed by atoms with Crippen molar-refractivity contribution in [1.82, 2.24) is 4.90 Å². The lowest BCUT2D eigenvalue weighted by molar-refractivity contribution is -0.159. The van der Waals surface area contributed by atoms with Gasteiger partial charge in [0.1, 0.15) is 0 Å². The molecule has 0 saturated carbocycles. The highest BCUT2D eigenvalue weighted by Gasteiger charge is 2.19. The molecule has 0 spiro atoms. The number of aryl methyl sites for hydroxylation is 2. The molecule has 1 aliphatic heterocycles. The molecule has 0 fully saturated rings. The van der Waals surface area contributed by atoms with Crippen molar-refractivity contribution in [2.75, 3.05) is 37.5 Å². The Hall–Kier alpha value is -2.57. The molecule has 0 radical (unpaired) electrons. The van der Waals surface area contributed by atoms with Gasteiger partial charge in [0.15, 0.2) is 0 Å². The van der Waals surface area contributed by atoms with Crippen LogP contribution in [0.5, 0.6) is 0 Å². The lowest BCUT2D eigenvalue weighted by Crippen LogP contribution is -2.26. The molecule has 33 heavy (non-hydrogen) atoms. The topological polar surface area (TPSA) is 81.1 Å². The third kappa shape index (κ3) is 9.06. The largest absolute Gasteiger partial charge is 0.473 e. The van der Waals surface area contributed by atoms with E-state index in [9.17, 15) is 0 Å². The molecule has 2 aromatic rings. The molecule has 7 heteroatoms. The molecule has 0 amide bonds. The highest BCUT2D eigenvalue weighted by molar-refractivity contribution is 6.27. The van der Waals surface area contributed by atoms with Crippen LogP contribution in [0, 0.1) is 0 Å². The van der Waals surface area contributed by atoms with E-state index in [1.165, 1.54) is 54.7 Å². The predicted octanol–water partition coefficient (Wildman–Crippen LogP) is 5.20. The number of para-hydroxylation sites is 2. The van der Waals surface area contributed by atoms with Crippen molar-refractivity contribution in [3.05, 3.63) is 59.7 Å². The summed E-state index contributed by atoms with van der Waals surface area (Å²) in [4.78, 5) is 23.2. The van der Waals surface area contributed by atoms with Gasteiger partial charge in [-0.05, 0) is 75.5 Å². The Balaban J connectivity index is 0.000000569. The van der Waals surface area contributed by atoms with Crippen LogP contribution in [0.2, 0.25) is 0 Å². The Morgan fingerprint density at radius 3 is 1.82 bits per heavy atom. The Labute approximate surface area is 201 Å². The molecule has 6 nitrogen and oxygen atoms in total. The second kappa shape index (κ2) is 14.6. The molecule has 0 saturated heterocycles. The number of nitrogens with zero attached hydrogens (tertiary/aromatic N) is 2. The van der Waals surface area contributed by atoms with Gasteiger partial charge in [-0.2, -0.15) is 0 Å². The molecule has 2 aromatic carbocycles. The van der Waals surface area contributed by atoms with Crippen LogP contribution in [-0.2, 0) is 22.4 Å². The van der Waals surface area contributed by atoms with Gasteiger partial charge in [-0.3, -0.25) is 0 Å². The van der Waals surface area contributed by atoms with Gasteiger partial charge in [0.05, 0.1) is 0 Å². The molecule has 1 aliphatic rings. The minimum absolute atomic E-state index is 0.800. The van der Waals surface area contributed by atoms with Crippen molar-refractivity contribution in [3.63, 3.8) is 0 Å². The van der Waals surface area contributed by atoms with E-state index in [0.717, 1.165) is 38.2 Å². The zero-order chi connectivity index (χ0) is 24.1.